The molecule has 16 heteroatoms. The Morgan fingerprint density at radius 3 is 1.96 bits per heavy atom. The van der Waals surface area contributed by atoms with E-state index in [1.807, 2.05) is 0 Å². The summed E-state index contributed by atoms with van der Waals surface area (Å²) in [4.78, 5) is 40.7. The SMILES string of the molecule is COc1ccc(OC)c(/C=C(/NC(=O)c2ccccc2)C(=O)Nc2cccc(SC(C(=O)Nc3c(F)c(F)c(C(F)(F)F)c(F)c3F)c3ccccc3)c2)c1. The molecule has 0 aromatic heterocycles. The van der Waals surface area contributed by atoms with E-state index in [1.54, 1.807) is 59.9 Å². The van der Waals surface area contributed by atoms with Crippen molar-refractivity contribution in [3.63, 3.8) is 0 Å². The van der Waals surface area contributed by atoms with Crippen molar-refractivity contribution >= 4 is 46.9 Å². The van der Waals surface area contributed by atoms with Crippen molar-refractivity contribution in [2.75, 3.05) is 24.9 Å². The van der Waals surface area contributed by atoms with Crippen LogP contribution in [0.15, 0.2) is 114 Å². The Labute approximate surface area is 313 Å². The number of methoxy groups -OCH3 is 2. The van der Waals surface area contributed by atoms with Crippen molar-refractivity contribution < 1.29 is 54.6 Å². The molecule has 0 saturated heterocycles. The smallest absolute Gasteiger partial charge is 0.422 e. The molecule has 284 valence electrons. The lowest BCUT2D eigenvalue weighted by Gasteiger charge is -2.19. The Hall–Kier alpha value is -6.29. The molecular formula is C39H28F7N3O5S. The number of halogens is 7. The molecule has 5 aromatic rings. The molecule has 0 saturated carbocycles. The van der Waals surface area contributed by atoms with E-state index in [0.29, 0.717) is 17.1 Å². The Kier molecular flexibility index (Phi) is 12.5. The number of amides is 3. The largest absolute Gasteiger partial charge is 0.497 e. The number of nitrogens with one attached hydrogen (secondary N) is 3. The van der Waals surface area contributed by atoms with Crippen molar-refractivity contribution in [3.8, 4) is 11.5 Å². The standard InChI is InChI=1S/C39H28F7N3O5S/c1-53-25-16-17-28(54-2)23(18-25)19-27(48-36(50)22-12-7-4-8-13-22)37(51)47-24-14-9-15-26(20-24)55-35(21-10-5-3-6-11-21)38(52)49-34-32(42)30(40)29(39(44,45)46)31(41)33(34)43/h3-20,35H,1-2H3,(H,47,51)(H,48,50)(H,49,52)/b27-19+. The molecule has 3 amide bonds. The molecule has 0 aliphatic rings. The molecule has 1 atom stereocenters. The van der Waals surface area contributed by atoms with E-state index in [-0.39, 0.29) is 27.4 Å². The zero-order valence-electron chi connectivity index (χ0n) is 28.6. The zero-order valence-corrected chi connectivity index (χ0v) is 29.4. The van der Waals surface area contributed by atoms with Crippen LogP contribution in [0.25, 0.3) is 6.08 Å². The molecule has 0 spiro atoms. The molecule has 8 nitrogen and oxygen atoms in total. The number of anilines is 2. The van der Waals surface area contributed by atoms with E-state index in [2.05, 4.69) is 10.6 Å². The number of alkyl halides is 3. The Morgan fingerprint density at radius 1 is 0.727 bits per heavy atom. The lowest BCUT2D eigenvalue weighted by atomic mass is 10.1. The molecule has 0 heterocycles. The molecule has 5 rings (SSSR count). The maximum Gasteiger partial charge on any atom is 0.422 e. The maximum atomic E-state index is 14.7. The van der Waals surface area contributed by atoms with Crippen LogP contribution in [0, 0.1) is 23.3 Å². The van der Waals surface area contributed by atoms with Crippen LogP contribution in [0.2, 0.25) is 0 Å². The number of hydrogen-bond donors (Lipinski definition) is 3. The van der Waals surface area contributed by atoms with E-state index >= 15 is 0 Å². The predicted octanol–water partition coefficient (Wildman–Crippen LogP) is 9.16. The fraction of sp³-hybridized carbons (Fsp3) is 0.103. The van der Waals surface area contributed by atoms with Crippen LogP contribution in [-0.2, 0) is 15.8 Å². The Morgan fingerprint density at radius 2 is 1.36 bits per heavy atom. The van der Waals surface area contributed by atoms with E-state index in [4.69, 9.17) is 9.47 Å². The summed E-state index contributed by atoms with van der Waals surface area (Å²) in [7, 11) is 2.86. The van der Waals surface area contributed by atoms with Crippen molar-refractivity contribution in [3.05, 3.63) is 154 Å². The van der Waals surface area contributed by atoms with Gasteiger partial charge in [0.2, 0.25) is 5.91 Å². The summed E-state index contributed by atoms with van der Waals surface area (Å²) >= 11 is 0.775. The van der Waals surface area contributed by atoms with E-state index in [1.165, 1.54) is 68.8 Å². The van der Waals surface area contributed by atoms with Gasteiger partial charge in [-0.25, -0.2) is 17.6 Å². The van der Waals surface area contributed by atoms with Gasteiger partial charge in [-0.2, -0.15) is 13.2 Å². The predicted molar refractivity (Wildman–Crippen MR) is 191 cm³/mol. The minimum atomic E-state index is -5.77. The highest BCUT2D eigenvalue weighted by atomic mass is 32.2. The van der Waals surface area contributed by atoms with Crippen molar-refractivity contribution in [1.29, 1.82) is 0 Å². The quantitative estimate of drug-likeness (QED) is 0.0505. The topological polar surface area (TPSA) is 106 Å². The summed E-state index contributed by atoms with van der Waals surface area (Å²) in [6, 6.07) is 26.4. The van der Waals surface area contributed by atoms with Gasteiger partial charge < -0.3 is 25.4 Å². The van der Waals surface area contributed by atoms with Gasteiger partial charge in [0.05, 0.1) is 14.2 Å². The van der Waals surface area contributed by atoms with Crippen LogP contribution < -0.4 is 25.4 Å². The number of rotatable bonds is 12. The maximum absolute atomic E-state index is 14.7. The summed E-state index contributed by atoms with van der Waals surface area (Å²) in [5, 5.41) is 5.57. The fourth-order valence-corrected chi connectivity index (χ4v) is 6.20. The Balaban J connectivity index is 1.45. The normalized spacial score (nSPS) is 12.1. The summed E-state index contributed by atoms with van der Waals surface area (Å²) in [5.41, 5.74) is -3.72. The summed E-state index contributed by atoms with van der Waals surface area (Å²) in [5.74, 6) is -12.2. The second-order valence-electron chi connectivity index (χ2n) is 11.4. The Bertz CT molecular complexity index is 2230. The summed E-state index contributed by atoms with van der Waals surface area (Å²) < 4.78 is 108. The first-order valence-corrected chi connectivity index (χ1v) is 16.8. The number of carbonyl (C=O) groups excluding carboxylic acids is 3. The van der Waals surface area contributed by atoms with Crippen LogP contribution in [-0.4, -0.2) is 31.9 Å². The minimum absolute atomic E-state index is 0.156. The third kappa shape index (κ3) is 9.45. The number of ether oxygens (including phenoxy) is 2. The molecule has 5 aromatic carbocycles. The van der Waals surface area contributed by atoms with Crippen molar-refractivity contribution in [1.82, 2.24) is 5.32 Å². The van der Waals surface area contributed by atoms with Crippen LogP contribution in [0.3, 0.4) is 0 Å². The second-order valence-corrected chi connectivity index (χ2v) is 12.5. The van der Waals surface area contributed by atoms with Crippen LogP contribution in [0.1, 0.15) is 32.3 Å². The van der Waals surface area contributed by atoms with Gasteiger partial charge in [-0.1, -0.05) is 54.6 Å². The van der Waals surface area contributed by atoms with E-state index in [0.717, 1.165) is 11.8 Å². The third-order valence-electron chi connectivity index (χ3n) is 7.75. The number of hydrogen-bond acceptors (Lipinski definition) is 6. The van der Waals surface area contributed by atoms with Crippen LogP contribution in [0.5, 0.6) is 11.5 Å². The number of thioether (sulfide) groups is 1. The van der Waals surface area contributed by atoms with Gasteiger partial charge >= 0.3 is 6.18 Å². The fourth-order valence-electron chi connectivity index (χ4n) is 5.11. The van der Waals surface area contributed by atoms with Crippen molar-refractivity contribution in [2.45, 2.75) is 16.3 Å². The first kappa shape index (κ1) is 39.9. The summed E-state index contributed by atoms with van der Waals surface area (Å²) in [6.45, 7) is 0. The van der Waals surface area contributed by atoms with Gasteiger partial charge in [0.1, 0.15) is 33.7 Å². The van der Waals surface area contributed by atoms with Crippen molar-refractivity contribution in [2.24, 2.45) is 0 Å². The molecular weight excluding hydrogens is 755 g/mol. The monoisotopic (exact) mass is 783 g/mol. The molecule has 0 bridgehead atoms. The lowest BCUT2D eigenvalue weighted by molar-refractivity contribution is -0.143. The summed E-state index contributed by atoms with van der Waals surface area (Å²) in [6.07, 6.45) is -4.40. The minimum Gasteiger partial charge on any atom is -0.497 e. The zero-order chi connectivity index (χ0) is 39.9. The van der Waals surface area contributed by atoms with Gasteiger partial charge in [-0.3, -0.25) is 14.4 Å². The number of carbonyl (C=O) groups is 3. The first-order valence-electron chi connectivity index (χ1n) is 15.9. The number of benzene rings is 5. The molecule has 1 unspecified atom stereocenters. The highest BCUT2D eigenvalue weighted by Crippen LogP contribution is 2.41. The molecule has 55 heavy (non-hydrogen) atoms. The van der Waals surface area contributed by atoms with Gasteiger partial charge in [0.15, 0.2) is 23.3 Å². The van der Waals surface area contributed by atoms with E-state index < -0.39 is 63.7 Å². The molecule has 0 fully saturated rings. The van der Waals surface area contributed by atoms with Crippen LogP contribution >= 0.6 is 11.8 Å². The molecule has 3 N–H and O–H groups in total. The lowest BCUT2D eigenvalue weighted by Crippen LogP contribution is -2.30. The first-order chi connectivity index (χ1) is 26.2. The average molecular weight is 784 g/mol. The molecule has 0 radical (unpaired) electrons. The highest BCUT2D eigenvalue weighted by molar-refractivity contribution is 8.00. The van der Waals surface area contributed by atoms with Crippen LogP contribution in [0.4, 0.5) is 42.1 Å². The molecule has 0 aliphatic heterocycles. The highest BCUT2D eigenvalue weighted by Gasteiger charge is 2.43. The third-order valence-corrected chi connectivity index (χ3v) is 8.99. The average Bonchev–Trinajstić information content (AvgIpc) is 3.17. The van der Waals surface area contributed by atoms with Gasteiger partial charge in [0.25, 0.3) is 11.8 Å². The molecule has 0 aliphatic carbocycles. The van der Waals surface area contributed by atoms with Gasteiger partial charge in [-0.15, -0.1) is 11.8 Å². The van der Waals surface area contributed by atoms with Gasteiger partial charge in [-0.05, 0) is 60.2 Å². The second kappa shape index (κ2) is 17.2. The van der Waals surface area contributed by atoms with Gasteiger partial charge in [0, 0.05) is 21.7 Å². The van der Waals surface area contributed by atoms with E-state index in [9.17, 15) is 45.1 Å².